The van der Waals surface area contributed by atoms with E-state index in [4.69, 9.17) is 9.57 Å². The number of anilines is 2. The predicted octanol–water partition coefficient (Wildman–Crippen LogP) is 3.09. The summed E-state index contributed by atoms with van der Waals surface area (Å²) in [5.74, 6) is 1.72. The van der Waals surface area contributed by atoms with E-state index in [1.54, 1.807) is 43.0 Å². The molecule has 10 heteroatoms. The van der Waals surface area contributed by atoms with Gasteiger partial charge in [-0.25, -0.2) is 9.97 Å². The SMILES string of the molecule is CC(C)Oc1cc(ON2CCN(c3cnccn3)CC2)cc(C(=O)Nc2nccs2)c1. The second kappa shape index (κ2) is 9.71. The van der Waals surface area contributed by atoms with Gasteiger partial charge in [0.15, 0.2) is 10.9 Å². The molecule has 2 aromatic heterocycles. The number of amides is 1. The summed E-state index contributed by atoms with van der Waals surface area (Å²) in [6.07, 6.45) is 6.74. The molecule has 0 saturated carbocycles. The highest BCUT2D eigenvalue weighted by molar-refractivity contribution is 7.13. The lowest BCUT2D eigenvalue weighted by atomic mass is 10.2. The minimum Gasteiger partial charge on any atom is -0.491 e. The van der Waals surface area contributed by atoms with Crippen LogP contribution in [0, 0.1) is 0 Å². The molecular formula is C21H24N6O3S. The van der Waals surface area contributed by atoms with E-state index in [1.165, 1.54) is 11.3 Å². The number of thiazole rings is 1. The molecule has 1 aliphatic rings. The van der Waals surface area contributed by atoms with Crippen LogP contribution in [-0.4, -0.2) is 58.2 Å². The molecule has 1 amide bonds. The number of carbonyl (C=O) groups excluding carboxylic acids is 1. The number of hydroxylamine groups is 2. The number of hydrogen-bond donors (Lipinski definition) is 1. The summed E-state index contributed by atoms with van der Waals surface area (Å²) in [6.45, 7) is 6.78. The Balaban J connectivity index is 1.45. The number of carbonyl (C=O) groups is 1. The Morgan fingerprint density at radius 1 is 1.06 bits per heavy atom. The van der Waals surface area contributed by atoms with Gasteiger partial charge in [0.1, 0.15) is 11.6 Å². The Morgan fingerprint density at radius 2 is 1.87 bits per heavy atom. The first kappa shape index (κ1) is 21.0. The number of aromatic nitrogens is 3. The molecule has 0 atom stereocenters. The number of nitrogens with zero attached hydrogens (tertiary/aromatic N) is 5. The van der Waals surface area contributed by atoms with E-state index in [-0.39, 0.29) is 12.0 Å². The van der Waals surface area contributed by atoms with Crippen molar-refractivity contribution in [3.63, 3.8) is 0 Å². The number of rotatable bonds is 7. The summed E-state index contributed by atoms with van der Waals surface area (Å²) in [4.78, 5) is 33.5. The van der Waals surface area contributed by atoms with Crippen LogP contribution >= 0.6 is 11.3 Å². The Morgan fingerprint density at radius 3 is 2.55 bits per heavy atom. The zero-order valence-corrected chi connectivity index (χ0v) is 18.2. The number of hydrogen-bond acceptors (Lipinski definition) is 9. The van der Waals surface area contributed by atoms with Crippen molar-refractivity contribution in [2.45, 2.75) is 20.0 Å². The Labute approximate surface area is 184 Å². The molecule has 0 aliphatic carbocycles. The Bertz CT molecular complexity index is 992. The van der Waals surface area contributed by atoms with Gasteiger partial charge in [-0.1, -0.05) is 0 Å². The van der Waals surface area contributed by atoms with Crippen LogP contribution in [0.4, 0.5) is 10.9 Å². The topological polar surface area (TPSA) is 92.7 Å². The molecule has 0 radical (unpaired) electrons. The number of nitrogens with one attached hydrogen (secondary N) is 1. The van der Waals surface area contributed by atoms with Crippen molar-refractivity contribution in [2.75, 3.05) is 36.4 Å². The molecule has 0 bridgehead atoms. The second-order valence-electron chi connectivity index (χ2n) is 7.22. The molecule has 3 aromatic rings. The van der Waals surface area contributed by atoms with Gasteiger partial charge in [-0.05, 0) is 26.0 Å². The smallest absolute Gasteiger partial charge is 0.257 e. The number of piperazine rings is 1. The fraction of sp³-hybridized carbons (Fsp3) is 0.333. The van der Waals surface area contributed by atoms with E-state index in [0.717, 1.165) is 18.9 Å². The quantitative estimate of drug-likeness (QED) is 0.599. The summed E-state index contributed by atoms with van der Waals surface area (Å²) in [5.41, 5.74) is 0.446. The van der Waals surface area contributed by atoms with Gasteiger partial charge in [0.05, 0.1) is 25.4 Å². The van der Waals surface area contributed by atoms with Crippen LogP contribution in [0.25, 0.3) is 0 Å². The van der Waals surface area contributed by atoms with Crippen molar-refractivity contribution >= 4 is 28.2 Å². The van der Waals surface area contributed by atoms with E-state index in [0.29, 0.717) is 35.3 Å². The highest BCUT2D eigenvalue weighted by Gasteiger charge is 2.21. The maximum Gasteiger partial charge on any atom is 0.257 e. The van der Waals surface area contributed by atoms with Crippen LogP contribution in [0.5, 0.6) is 11.5 Å². The molecule has 31 heavy (non-hydrogen) atoms. The van der Waals surface area contributed by atoms with E-state index < -0.39 is 0 Å². The summed E-state index contributed by atoms with van der Waals surface area (Å²) < 4.78 is 5.83. The molecule has 0 spiro atoms. The predicted molar refractivity (Wildman–Crippen MR) is 119 cm³/mol. The summed E-state index contributed by atoms with van der Waals surface area (Å²) in [5, 5.41) is 7.03. The maximum atomic E-state index is 12.7. The summed E-state index contributed by atoms with van der Waals surface area (Å²) in [6, 6.07) is 5.22. The lowest BCUT2D eigenvalue weighted by Gasteiger charge is -2.34. The normalized spacial score (nSPS) is 14.5. The number of benzene rings is 1. The van der Waals surface area contributed by atoms with Gasteiger partial charge in [-0.2, -0.15) is 0 Å². The third-order valence-electron chi connectivity index (χ3n) is 4.51. The molecule has 1 fully saturated rings. The van der Waals surface area contributed by atoms with E-state index >= 15 is 0 Å². The Kier molecular flexibility index (Phi) is 6.58. The van der Waals surface area contributed by atoms with Crippen molar-refractivity contribution in [3.05, 3.63) is 53.9 Å². The van der Waals surface area contributed by atoms with Gasteiger partial charge in [0, 0.05) is 48.7 Å². The van der Waals surface area contributed by atoms with Crippen LogP contribution in [0.2, 0.25) is 0 Å². The minimum absolute atomic E-state index is 0.0272. The first-order valence-corrected chi connectivity index (χ1v) is 10.9. The van der Waals surface area contributed by atoms with Crippen LogP contribution in [-0.2, 0) is 0 Å². The molecule has 0 unspecified atom stereocenters. The average Bonchev–Trinajstić information content (AvgIpc) is 3.27. The van der Waals surface area contributed by atoms with Crippen molar-refractivity contribution in [3.8, 4) is 11.5 Å². The first-order chi connectivity index (χ1) is 15.1. The maximum absolute atomic E-state index is 12.7. The van der Waals surface area contributed by atoms with Gasteiger partial charge >= 0.3 is 0 Å². The molecule has 3 heterocycles. The molecule has 1 aromatic carbocycles. The van der Waals surface area contributed by atoms with Crippen LogP contribution < -0.4 is 19.8 Å². The van der Waals surface area contributed by atoms with Gasteiger partial charge in [-0.3, -0.25) is 15.1 Å². The van der Waals surface area contributed by atoms with Gasteiger partial charge in [-0.15, -0.1) is 16.4 Å². The van der Waals surface area contributed by atoms with Crippen LogP contribution in [0.15, 0.2) is 48.4 Å². The van der Waals surface area contributed by atoms with Gasteiger partial charge in [0.2, 0.25) is 0 Å². The average molecular weight is 441 g/mol. The molecule has 1 N–H and O–H groups in total. The van der Waals surface area contributed by atoms with Crippen molar-refractivity contribution in [2.24, 2.45) is 0 Å². The molecular weight excluding hydrogens is 416 g/mol. The highest BCUT2D eigenvalue weighted by Crippen LogP contribution is 2.26. The van der Waals surface area contributed by atoms with Gasteiger partial charge < -0.3 is 14.5 Å². The van der Waals surface area contributed by atoms with Crippen molar-refractivity contribution < 1.29 is 14.4 Å². The Hall–Kier alpha value is -3.24. The lowest BCUT2D eigenvalue weighted by molar-refractivity contribution is -0.0622. The second-order valence-corrected chi connectivity index (χ2v) is 8.12. The molecule has 9 nitrogen and oxygen atoms in total. The summed E-state index contributed by atoms with van der Waals surface area (Å²) in [7, 11) is 0. The minimum atomic E-state index is -0.263. The molecule has 1 saturated heterocycles. The lowest BCUT2D eigenvalue weighted by Crippen LogP contribution is -2.48. The first-order valence-electron chi connectivity index (χ1n) is 10.0. The third kappa shape index (κ3) is 5.68. The van der Waals surface area contributed by atoms with Crippen LogP contribution in [0.3, 0.4) is 0 Å². The van der Waals surface area contributed by atoms with E-state index in [9.17, 15) is 4.79 Å². The zero-order valence-electron chi connectivity index (χ0n) is 17.4. The third-order valence-corrected chi connectivity index (χ3v) is 5.20. The molecule has 4 rings (SSSR count). The van der Waals surface area contributed by atoms with Crippen molar-refractivity contribution in [1.82, 2.24) is 20.0 Å². The standard InChI is InChI=1S/C21H24N6O3S/c1-15(2)29-17-11-16(20(28)25-21-24-5-10-31-21)12-18(13-17)30-27-8-6-26(7-9-27)19-14-22-3-4-23-19/h3-5,10-15H,6-9H2,1-2H3,(H,24,25,28). The largest absolute Gasteiger partial charge is 0.491 e. The van der Waals surface area contributed by atoms with Gasteiger partial charge in [0.25, 0.3) is 5.91 Å². The highest BCUT2D eigenvalue weighted by atomic mass is 32.1. The van der Waals surface area contributed by atoms with Crippen LogP contribution in [0.1, 0.15) is 24.2 Å². The number of ether oxygens (including phenoxy) is 1. The van der Waals surface area contributed by atoms with Crippen molar-refractivity contribution in [1.29, 1.82) is 0 Å². The fourth-order valence-electron chi connectivity index (χ4n) is 3.16. The van der Waals surface area contributed by atoms with E-state index in [1.807, 2.05) is 24.3 Å². The molecule has 162 valence electrons. The molecule has 1 aliphatic heterocycles. The summed E-state index contributed by atoms with van der Waals surface area (Å²) >= 11 is 1.36. The zero-order chi connectivity index (χ0) is 21.6. The fourth-order valence-corrected chi connectivity index (χ4v) is 3.69. The van der Waals surface area contributed by atoms with E-state index in [2.05, 4.69) is 25.2 Å². The monoisotopic (exact) mass is 440 g/mol.